The van der Waals surface area contributed by atoms with Gasteiger partial charge in [-0.1, -0.05) is 49.4 Å². The van der Waals surface area contributed by atoms with Crippen LogP contribution in [0.25, 0.3) is 11.3 Å². The van der Waals surface area contributed by atoms with Gasteiger partial charge in [-0.15, -0.1) is 0 Å². The number of nitrogens with zero attached hydrogens (tertiary/aromatic N) is 3. The number of rotatable bonds is 5. The molecule has 4 rings (SSSR count). The summed E-state index contributed by atoms with van der Waals surface area (Å²) in [5.41, 5.74) is 4.39. The molecule has 1 unspecified atom stereocenters. The molecule has 2 heterocycles. The second kappa shape index (κ2) is 10.4. The molecule has 34 heavy (non-hydrogen) atoms. The smallest absolute Gasteiger partial charge is 0.272 e. The number of aromatic nitrogens is 2. The predicted octanol–water partition coefficient (Wildman–Crippen LogP) is 5.13. The van der Waals surface area contributed by atoms with Gasteiger partial charge in [0.15, 0.2) is 0 Å². The van der Waals surface area contributed by atoms with Gasteiger partial charge in [-0.2, -0.15) is 5.10 Å². The topological polar surface area (TPSA) is 52.2 Å². The first kappa shape index (κ1) is 24.0. The number of likely N-dealkylation sites (tertiary alicyclic amines) is 1. The molecule has 2 aromatic carbocycles. The third-order valence-electron chi connectivity index (χ3n) is 6.41. The lowest BCUT2D eigenvalue weighted by molar-refractivity contribution is 0.0771. The zero-order chi connectivity index (χ0) is 24.2. The molecule has 1 aromatic heterocycles. The zero-order valence-electron chi connectivity index (χ0n) is 19.7. The SMILES string of the molecule is CCN(CC)C1CCN(C(=O)c2[nH]nc(-c3cccc(C#Cc4ccc(F)c(Cl)c4)c3)c2C)C1. The minimum Gasteiger partial charge on any atom is -0.336 e. The van der Waals surface area contributed by atoms with Gasteiger partial charge in [0.05, 0.1) is 10.7 Å². The molecule has 176 valence electrons. The Bertz CT molecular complexity index is 1260. The molecule has 1 saturated heterocycles. The Labute approximate surface area is 204 Å². The average molecular weight is 479 g/mol. The third kappa shape index (κ3) is 5.01. The van der Waals surface area contributed by atoms with E-state index in [2.05, 4.69) is 40.8 Å². The van der Waals surface area contributed by atoms with Crippen molar-refractivity contribution in [2.45, 2.75) is 33.2 Å². The van der Waals surface area contributed by atoms with Gasteiger partial charge in [-0.25, -0.2) is 4.39 Å². The number of H-pyrrole nitrogens is 1. The monoisotopic (exact) mass is 478 g/mol. The standard InChI is InChI=1S/C27H28ClFN4O/c1-4-32(5-2)22-13-14-33(17-22)27(34)26-18(3)25(30-31-26)21-8-6-7-19(15-21)9-10-20-11-12-24(29)23(28)16-20/h6-8,11-12,15-16,22H,4-5,13-14,17H2,1-3H3,(H,30,31). The molecule has 0 spiro atoms. The fourth-order valence-corrected chi connectivity index (χ4v) is 4.65. The van der Waals surface area contributed by atoms with Crippen LogP contribution in [-0.2, 0) is 0 Å². The number of aromatic amines is 1. The Morgan fingerprint density at radius 2 is 1.94 bits per heavy atom. The largest absolute Gasteiger partial charge is 0.336 e. The normalized spacial score (nSPS) is 15.5. The molecule has 0 aliphatic carbocycles. The van der Waals surface area contributed by atoms with Crippen LogP contribution in [0.2, 0.25) is 5.02 Å². The molecule has 0 saturated carbocycles. The van der Waals surface area contributed by atoms with E-state index in [0.29, 0.717) is 17.3 Å². The van der Waals surface area contributed by atoms with Crippen molar-refractivity contribution in [1.29, 1.82) is 0 Å². The van der Waals surface area contributed by atoms with E-state index < -0.39 is 5.82 Å². The van der Waals surface area contributed by atoms with E-state index in [0.717, 1.165) is 55.0 Å². The van der Waals surface area contributed by atoms with Gasteiger partial charge in [0.2, 0.25) is 0 Å². The van der Waals surface area contributed by atoms with Gasteiger partial charge in [-0.05, 0) is 56.8 Å². The van der Waals surface area contributed by atoms with E-state index in [1.165, 1.54) is 12.1 Å². The molecule has 1 atom stereocenters. The van der Waals surface area contributed by atoms with Gasteiger partial charge in [0.25, 0.3) is 5.91 Å². The lowest BCUT2D eigenvalue weighted by atomic mass is 10.0. The van der Waals surface area contributed by atoms with E-state index in [1.807, 2.05) is 36.1 Å². The summed E-state index contributed by atoms with van der Waals surface area (Å²) in [5, 5.41) is 7.47. The van der Waals surface area contributed by atoms with Crippen LogP contribution in [0.1, 0.15) is 47.4 Å². The van der Waals surface area contributed by atoms with Crippen molar-refractivity contribution in [1.82, 2.24) is 20.0 Å². The van der Waals surface area contributed by atoms with E-state index in [-0.39, 0.29) is 10.9 Å². The van der Waals surface area contributed by atoms with Crippen LogP contribution < -0.4 is 0 Å². The number of carbonyl (C=O) groups is 1. The average Bonchev–Trinajstić information content (AvgIpc) is 3.48. The fraction of sp³-hybridized carbons (Fsp3) is 0.333. The summed E-state index contributed by atoms with van der Waals surface area (Å²) in [6.45, 7) is 9.72. The van der Waals surface area contributed by atoms with Gasteiger partial charge in [-0.3, -0.25) is 14.8 Å². The second-order valence-electron chi connectivity index (χ2n) is 8.45. The first-order valence-electron chi connectivity index (χ1n) is 11.6. The maximum Gasteiger partial charge on any atom is 0.272 e. The number of benzene rings is 2. The van der Waals surface area contributed by atoms with Crippen molar-refractivity contribution in [3.8, 4) is 23.1 Å². The number of carbonyl (C=O) groups excluding carboxylic acids is 1. The lowest BCUT2D eigenvalue weighted by Gasteiger charge is -2.26. The molecule has 0 radical (unpaired) electrons. The number of amides is 1. The van der Waals surface area contributed by atoms with Crippen molar-refractivity contribution >= 4 is 17.5 Å². The summed E-state index contributed by atoms with van der Waals surface area (Å²) in [5.74, 6) is 5.63. The van der Waals surface area contributed by atoms with Crippen LogP contribution in [0, 0.1) is 24.6 Å². The third-order valence-corrected chi connectivity index (χ3v) is 6.70. The molecular weight excluding hydrogens is 451 g/mol. The molecule has 1 N–H and O–H groups in total. The van der Waals surface area contributed by atoms with Crippen molar-refractivity contribution in [2.75, 3.05) is 26.2 Å². The molecule has 5 nitrogen and oxygen atoms in total. The molecule has 1 fully saturated rings. The zero-order valence-corrected chi connectivity index (χ0v) is 20.4. The fourth-order valence-electron chi connectivity index (χ4n) is 4.47. The maximum absolute atomic E-state index is 13.4. The molecule has 1 aliphatic rings. The maximum atomic E-state index is 13.4. The first-order chi connectivity index (χ1) is 16.4. The quantitative estimate of drug-likeness (QED) is 0.517. The van der Waals surface area contributed by atoms with Gasteiger partial charge >= 0.3 is 0 Å². The van der Waals surface area contributed by atoms with Gasteiger partial charge in [0.1, 0.15) is 11.5 Å². The van der Waals surface area contributed by atoms with Crippen molar-refractivity contribution in [3.63, 3.8) is 0 Å². The Balaban J connectivity index is 1.53. The minimum absolute atomic E-state index is 0.00459. The Hall–Kier alpha value is -3.14. The predicted molar refractivity (Wildman–Crippen MR) is 133 cm³/mol. The Morgan fingerprint density at radius 1 is 1.21 bits per heavy atom. The molecular formula is C27H28ClFN4O. The van der Waals surface area contributed by atoms with Crippen LogP contribution >= 0.6 is 11.6 Å². The highest BCUT2D eigenvalue weighted by atomic mass is 35.5. The highest BCUT2D eigenvalue weighted by Crippen LogP contribution is 2.26. The van der Waals surface area contributed by atoms with Crippen LogP contribution in [0.3, 0.4) is 0 Å². The number of hydrogen-bond acceptors (Lipinski definition) is 3. The lowest BCUT2D eigenvalue weighted by Crippen LogP contribution is -2.38. The summed E-state index contributed by atoms with van der Waals surface area (Å²) in [6.07, 6.45) is 0.993. The summed E-state index contributed by atoms with van der Waals surface area (Å²) in [7, 11) is 0. The van der Waals surface area contributed by atoms with Crippen LogP contribution in [0.15, 0.2) is 42.5 Å². The van der Waals surface area contributed by atoms with Crippen LogP contribution in [0.5, 0.6) is 0 Å². The van der Waals surface area contributed by atoms with Crippen LogP contribution in [0.4, 0.5) is 4.39 Å². The number of hydrogen-bond donors (Lipinski definition) is 1. The Morgan fingerprint density at radius 3 is 2.65 bits per heavy atom. The highest BCUT2D eigenvalue weighted by Gasteiger charge is 2.31. The first-order valence-corrected chi connectivity index (χ1v) is 11.9. The summed E-state index contributed by atoms with van der Waals surface area (Å²) in [6, 6.07) is 12.5. The van der Waals surface area contributed by atoms with Crippen LogP contribution in [-0.4, -0.2) is 58.1 Å². The number of nitrogens with one attached hydrogen (secondary N) is 1. The molecule has 3 aromatic rings. The summed E-state index contributed by atoms with van der Waals surface area (Å²) < 4.78 is 13.4. The second-order valence-corrected chi connectivity index (χ2v) is 8.85. The van der Waals surface area contributed by atoms with Crippen molar-refractivity contribution in [2.24, 2.45) is 0 Å². The van der Waals surface area contributed by atoms with E-state index in [9.17, 15) is 9.18 Å². The molecule has 1 amide bonds. The number of halogens is 2. The summed E-state index contributed by atoms with van der Waals surface area (Å²) >= 11 is 5.84. The molecule has 0 bridgehead atoms. The van der Waals surface area contributed by atoms with E-state index >= 15 is 0 Å². The highest BCUT2D eigenvalue weighted by molar-refractivity contribution is 6.30. The summed E-state index contributed by atoms with van der Waals surface area (Å²) in [4.78, 5) is 17.5. The van der Waals surface area contributed by atoms with Crippen molar-refractivity contribution < 1.29 is 9.18 Å². The minimum atomic E-state index is -0.467. The van der Waals surface area contributed by atoms with Gasteiger partial charge < -0.3 is 4.90 Å². The number of likely N-dealkylation sites (N-methyl/N-ethyl adjacent to an activating group) is 1. The molecule has 1 aliphatic heterocycles. The van der Waals surface area contributed by atoms with E-state index in [1.54, 1.807) is 6.07 Å². The molecule has 7 heteroatoms. The van der Waals surface area contributed by atoms with Gasteiger partial charge in [0, 0.05) is 41.4 Å². The Kier molecular flexibility index (Phi) is 7.35. The van der Waals surface area contributed by atoms with Crippen molar-refractivity contribution in [3.05, 3.63) is 75.7 Å². The van der Waals surface area contributed by atoms with E-state index in [4.69, 9.17) is 11.6 Å².